The second-order valence-corrected chi connectivity index (χ2v) is 14.2. The average molecular weight is 475 g/mol. The average Bonchev–Trinajstić information content (AvgIpc) is 2.86. The van der Waals surface area contributed by atoms with Crippen LogP contribution in [0, 0.1) is 0 Å². The van der Waals surface area contributed by atoms with Gasteiger partial charge in [0.25, 0.3) is 8.32 Å². The molecular formula is C29H34O4Si. The van der Waals surface area contributed by atoms with Crippen molar-refractivity contribution in [3.05, 3.63) is 108 Å². The number of ether oxygens (including phenoxy) is 1. The van der Waals surface area contributed by atoms with Gasteiger partial charge in [0.05, 0.1) is 13.2 Å². The van der Waals surface area contributed by atoms with E-state index in [1.54, 1.807) is 6.08 Å². The van der Waals surface area contributed by atoms with Gasteiger partial charge in [0.1, 0.15) is 18.3 Å². The van der Waals surface area contributed by atoms with Crippen molar-refractivity contribution in [3.8, 4) is 0 Å². The molecule has 1 aliphatic rings. The first-order chi connectivity index (χ1) is 16.3. The molecule has 0 saturated heterocycles. The van der Waals surface area contributed by atoms with Crippen LogP contribution in [-0.2, 0) is 15.8 Å². The minimum Gasteiger partial charge on any atom is -0.405 e. The van der Waals surface area contributed by atoms with Gasteiger partial charge in [-0.2, -0.15) is 0 Å². The Hall–Kier alpha value is -2.54. The molecule has 0 fully saturated rings. The van der Waals surface area contributed by atoms with E-state index >= 15 is 0 Å². The Morgan fingerprint density at radius 1 is 0.824 bits per heavy atom. The molecule has 0 spiro atoms. The van der Waals surface area contributed by atoms with E-state index in [1.807, 2.05) is 42.5 Å². The molecule has 3 aromatic rings. The summed E-state index contributed by atoms with van der Waals surface area (Å²) in [4.78, 5) is 0. The van der Waals surface area contributed by atoms with Crippen LogP contribution in [0.2, 0.25) is 5.04 Å². The summed E-state index contributed by atoms with van der Waals surface area (Å²) in [6.45, 7) is 7.01. The van der Waals surface area contributed by atoms with E-state index in [4.69, 9.17) is 9.16 Å². The number of hydrogen-bond donors (Lipinski definition) is 2. The van der Waals surface area contributed by atoms with Gasteiger partial charge >= 0.3 is 0 Å². The van der Waals surface area contributed by atoms with Crippen LogP contribution in [0.3, 0.4) is 0 Å². The zero-order valence-electron chi connectivity index (χ0n) is 20.1. The van der Waals surface area contributed by atoms with Crippen molar-refractivity contribution in [2.45, 2.75) is 50.7 Å². The lowest BCUT2D eigenvalue weighted by molar-refractivity contribution is -0.0775. The van der Waals surface area contributed by atoms with Crippen molar-refractivity contribution in [2.75, 3.05) is 6.61 Å². The Morgan fingerprint density at radius 3 is 1.88 bits per heavy atom. The first-order valence-electron chi connectivity index (χ1n) is 11.8. The van der Waals surface area contributed by atoms with Crippen LogP contribution in [-0.4, -0.2) is 37.3 Å². The molecule has 4 rings (SSSR count). The van der Waals surface area contributed by atoms with Gasteiger partial charge in [-0.3, -0.25) is 0 Å². The van der Waals surface area contributed by atoms with Crippen LogP contribution in [0.4, 0.5) is 0 Å². The third-order valence-electron chi connectivity index (χ3n) is 6.56. The van der Waals surface area contributed by atoms with Crippen molar-refractivity contribution in [1.29, 1.82) is 0 Å². The summed E-state index contributed by atoms with van der Waals surface area (Å²) < 4.78 is 13.3. The number of rotatable bonds is 7. The quantitative estimate of drug-likeness (QED) is 0.400. The lowest BCUT2D eigenvalue weighted by Crippen LogP contribution is -2.67. The fourth-order valence-electron chi connectivity index (χ4n) is 4.76. The van der Waals surface area contributed by atoms with Crippen molar-refractivity contribution in [1.82, 2.24) is 0 Å². The van der Waals surface area contributed by atoms with Gasteiger partial charge < -0.3 is 19.4 Å². The van der Waals surface area contributed by atoms with Gasteiger partial charge in [-0.05, 0) is 26.5 Å². The fourth-order valence-corrected chi connectivity index (χ4v) is 9.33. The summed E-state index contributed by atoms with van der Waals surface area (Å²) in [5.41, 5.74) is 1.84. The fraction of sp³-hybridized carbons (Fsp3) is 0.310. The second kappa shape index (κ2) is 10.4. The minimum absolute atomic E-state index is 0.00923. The molecule has 34 heavy (non-hydrogen) atoms. The van der Waals surface area contributed by atoms with Gasteiger partial charge in [0.15, 0.2) is 0 Å². The predicted octanol–water partition coefficient (Wildman–Crippen LogP) is 4.11. The number of hydrogen-bond acceptors (Lipinski definition) is 4. The highest BCUT2D eigenvalue weighted by atomic mass is 28.4. The SMILES string of the molecule is CC(C)(C)[Si](OC[C@H]1O[C@H](c2ccc(CO)cc2)C=C[C@H]1O)(c1ccccc1)c1ccccc1. The van der Waals surface area contributed by atoms with Crippen LogP contribution in [0.25, 0.3) is 0 Å². The van der Waals surface area contributed by atoms with E-state index < -0.39 is 20.5 Å². The Labute approximate surface area is 203 Å². The molecule has 0 bridgehead atoms. The van der Waals surface area contributed by atoms with Gasteiger partial charge in [0.2, 0.25) is 0 Å². The molecule has 0 aromatic heterocycles. The molecular weight excluding hydrogens is 440 g/mol. The summed E-state index contributed by atoms with van der Waals surface area (Å²) in [6, 6.07) is 28.7. The topological polar surface area (TPSA) is 58.9 Å². The Balaban J connectivity index is 1.64. The number of aliphatic hydroxyl groups is 2. The van der Waals surface area contributed by atoms with Crippen LogP contribution in [0.15, 0.2) is 97.1 Å². The Morgan fingerprint density at radius 2 is 1.38 bits per heavy atom. The zero-order valence-corrected chi connectivity index (χ0v) is 21.1. The van der Waals surface area contributed by atoms with Gasteiger partial charge in [-0.25, -0.2) is 0 Å². The first kappa shape index (κ1) is 24.6. The molecule has 3 aromatic carbocycles. The first-order valence-corrected chi connectivity index (χ1v) is 13.7. The number of aliphatic hydroxyl groups excluding tert-OH is 2. The summed E-state index contributed by atoms with van der Waals surface area (Å²) in [6.07, 6.45) is 2.18. The van der Waals surface area contributed by atoms with E-state index in [1.165, 1.54) is 10.4 Å². The lowest BCUT2D eigenvalue weighted by Gasteiger charge is -2.44. The van der Waals surface area contributed by atoms with E-state index in [0.29, 0.717) is 0 Å². The number of benzene rings is 3. The lowest BCUT2D eigenvalue weighted by atomic mass is 10.0. The van der Waals surface area contributed by atoms with E-state index in [2.05, 4.69) is 69.3 Å². The molecule has 3 atom stereocenters. The van der Waals surface area contributed by atoms with Gasteiger partial charge in [-0.15, -0.1) is 0 Å². The highest BCUT2D eigenvalue weighted by molar-refractivity contribution is 6.99. The van der Waals surface area contributed by atoms with Crippen LogP contribution in [0.1, 0.15) is 38.0 Å². The highest BCUT2D eigenvalue weighted by Gasteiger charge is 2.50. The third kappa shape index (κ3) is 4.94. The second-order valence-electron chi connectivity index (χ2n) is 9.84. The maximum Gasteiger partial charge on any atom is 0.261 e. The van der Waals surface area contributed by atoms with Crippen molar-refractivity contribution in [2.24, 2.45) is 0 Å². The molecule has 5 heteroatoms. The zero-order chi connectivity index (χ0) is 24.2. The van der Waals surface area contributed by atoms with Gasteiger partial charge in [-0.1, -0.05) is 118 Å². The molecule has 0 unspecified atom stereocenters. The Bertz CT molecular complexity index is 1040. The molecule has 1 heterocycles. The molecule has 0 amide bonds. The van der Waals surface area contributed by atoms with Crippen molar-refractivity contribution < 1.29 is 19.4 Å². The predicted molar refractivity (Wildman–Crippen MR) is 139 cm³/mol. The molecule has 1 aliphatic heterocycles. The minimum atomic E-state index is -2.72. The summed E-state index contributed by atoms with van der Waals surface area (Å²) in [7, 11) is -2.72. The van der Waals surface area contributed by atoms with Crippen LogP contribution >= 0.6 is 0 Å². The molecule has 2 N–H and O–H groups in total. The maximum atomic E-state index is 10.7. The molecule has 0 aliphatic carbocycles. The Kier molecular flexibility index (Phi) is 7.50. The van der Waals surface area contributed by atoms with Crippen LogP contribution < -0.4 is 10.4 Å². The molecule has 4 nitrogen and oxygen atoms in total. The van der Waals surface area contributed by atoms with Crippen molar-refractivity contribution >= 4 is 18.7 Å². The summed E-state index contributed by atoms with van der Waals surface area (Å²) >= 11 is 0. The third-order valence-corrected chi connectivity index (χ3v) is 11.6. The summed E-state index contributed by atoms with van der Waals surface area (Å²) in [5.74, 6) is 0. The molecule has 0 radical (unpaired) electrons. The van der Waals surface area contributed by atoms with Crippen molar-refractivity contribution in [3.63, 3.8) is 0 Å². The normalized spacial score (nSPS) is 20.9. The highest BCUT2D eigenvalue weighted by Crippen LogP contribution is 2.37. The van der Waals surface area contributed by atoms with E-state index in [-0.39, 0.29) is 24.4 Å². The van der Waals surface area contributed by atoms with Gasteiger partial charge in [0, 0.05) is 0 Å². The molecule has 178 valence electrons. The smallest absolute Gasteiger partial charge is 0.261 e. The standard InChI is InChI=1S/C29H34O4Si/c1-29(2,3)34(24-10-6-4-7-11-24,25-12-8-5-9-13-25)32-21-28-26(31)18-19-27(33-28)23-16-14-22(20-30)15-17-23/h4-19,26-28,30-31H,20-21H2,1-3H3/t26-,27+,28-/m1/s1. The maximum absolute atomic E-state index is 10.7. The largest absolute Gasteiger partial charge is 0.405 e. The van der Waals surface area contributed by atoms with Crippen LogP contribution in [0.5, 0.6) is 0 Å². The molecule has 0 saturated carbocycles. The summed E-state index contributed by atoms with van der Waals surface area (Å²) in [5, 5.41) is 22.3. The monoisotopic (exact) mass is 474 g/mol. The van der Waals surface area contributed by atoms with E-state index in [9.17, 15) is 10.2 Å². The van der Waals surface area contributed by atoms with E-state index in [0.717, 1.165) is 11.1 Å².